The van der Waals surface area contributed by atoms with Crippen LogP contribution >= 0.6 is 0 Å². The van der Waals surface area contributed by atoms with Gasteiger partial charge in [0.1, 0.15) is 18.9 Å². The second-order valence-corrected chi connectivity index (χ2v) is 6.99. The highest BCUT2D eigenvalue weighted by Gasteiger charge is 2.16. The number of aromatic nitrogens is 2. The summed E-state index contributed by atoms with van der Waals surface area (Å²) >= 11 is 0. The zero-order chi connectivity index (χ0) is 18.4. The predicted octanol–water partition coefficient (Wildman–Crippen LogP) is 2.04. The molecule has 0 unspecified atom stereocenters. The molecule has 0 atom stereocenters. The fourth-order valence-electron chi connectivity index (χ4n) is 2.24. The first kappa shape index (κ1) is 18.7. The van der Waals surface area contributed by atoms with E-state index in [-0.39, 0.29) is 17.9 Å². The molecule has 1 N–H and O–H groups in total. The zero-order valence-corrected chi connectivity index (χ0v) is 15.2. The summed E-state index contributed by atoms with van der Waals surface area (Å²) in [6.07, 6.45) is 1.61. The molecule has 0 aliphatic rings. The number of ether oxygens (including phenoxy) is 1. The molecular weight excluding hydrogens is 318 g/mol. The summed E-state index contributed by atoms with van der Waals surface area (Å²) < 4.78 is 6.87. The minimum absolute atomic E-state index is 0.0549. The average Bonchev–Trinajstić information content (AvgIpc) is 2.52. The lowest BCUT2D eigenvalue weighted by atomic mass is 9.92. The lowest BCUT2D eigenvalue weighted by molar-refractivity contribution is -0.121. The number of amides is 1. The number of carbonyl (C=O) groups is 1. The van der Waals surface area contributed by atoms with Crippen LogP contribution in [0.4, 0.5) is 0 Å². The van der Waals surface area contributed by atoms with Crippen molar-refractivity contribution in [2.24, 2.45) is 0 Å². The van der Waals surface area contributed by atoms with Gasteiger partial charge in [-0.05, 0) is 30.7 Å². The third kappa shape index (κ3) is 5.74. The molecular formula is C19H25N3O3. The topological polar surface area (TPSA) is 73.2 Å². The maximum Gasteiger partial charge on any atom is 0.348 e. The van der Waals surface area contributed by atoms with Gasteiger partial charge in [-0.2, -0.15) is 4.98 Å². The molecule has 0 spiro atoms. The lowest BCUT2D eigenvalue weighted by Gasteiger charge is -2.17. The molecule has 1 aromatic carbocycles. The van der Waals surface area contributed by atoms with Gasteiger partial charge in [-0.3, -0.25) is 9.36 Å². The third-order valence-electron chi connectivity index (χ3n) is 3.64. The van der Waals surface area contributed by atoms with Crippen LogP contribution in [0.15, 0.2) is 41.3 Å². The van der Waals surface area contributed by atoms with Gasteiger partial charge >= 0.3 is 5.69 Å². The van der Waals surface area contributed by atoms with E-state index in [1.165, 1.54) is 4.57 Å². The van der Waals surface area contributed by atoms with Crippen LogP contribution in [0.5, 0.6) is 5.75 Å². The van der Waals surface area contributed by atoms with E-state index in [0.717, 1.165) is 11.3 Å². The minimum atomic E-state index is -0.418. The number of carbonyl (C=O) groups excluding carboxylic acids is 1. The average molecular weight is 343 g/mol. The fourth-order valence-corrected chi connectivity index (χ4v) is 2.24. The Balaban J connectivity index is 1.81. The van der Waals surface area contributed by atoms with E-state index >= 15 is 0 Å². The molecule has 0 saturated heterocycles. The van der Waals surface area contributed by atoms with Gasteiger partial charge < -0.3 is 10.1 Å². The van der Waals surface area contributed by atoms with Crippen LogP contribution in [0.3, 0.4) is 0 Å². The van der Waals surface area contributed by atoms with Crippen LogP contribution in [0.2, 0.25) is 0 Å². The molecule has 0 aliphatic heterocycles. The largest absolute Gasteiger partial charge is 0.492 e. The Kier molecular flexibility index (Phi) is 5.96. The Morgan fingerprint density at radius 1 is 1.28 bits per heavy atom. The first-order chi connectivity index (χ1) is 11.8. The van der Waals surface area contributed by atoms with Crippen molar-refractivity contribution in [3.8, 4) is 5.75 Å². The molecule has 1 aromatic heterocycles. The summed E-state index contributed by atoms with van der Waals surface area (Å²) in [6.45, 7) is 8.63. The molecule has 6 heteroatoms. The number of hydrogen-bond acceptors (Lipinski definition) is 4. The highest BCUT2D eigenvalue weighted by molar-refractivity contribution is 5.75. The smallest absolute Gasteiger partial charge is 0.348 e. The molecule has 134 valence electrons. The summed E-state index contributed by atoms with van der Waals surface area (Å²) in [6, 6.07) is 9.49. The zero-order valence-electron chi connectivity index (χ0n) is 15.2. The van der Waals surface area contributed by atoms with Crippen LogP contribution in [0, 0.1) is 6.92 Å². The van der Waals surface area contributed by atoms with Crippen LogP contribution in [0.1, 0.15) is 32.0 Å². The van der Waals surface area contributed by atoms with E-state index in [0.29, 0.717) is 18.8 Å². The van der Waals surface area contributed by atoms with Crippen LogP contribution in [-0.4, -0.2) is 28.6 Å². The van der Waals surface area contributed by atoms with Crippen molar-refractivity contribution in [2.75, 3.05) is 13.2 Å². The number of hydrogen-bond donors (Lipinski definition) is 1. The maximum atomic E-state index is 12.0. The minimum Gasteiger partial charge on any atom is -0.492 e. The van der Waals surface area contributed by atoms with E-state index in [2.05, 4.69) is 10.3 Å². The number of aryl methyl sites for hydroxylation is 1. The van der Waals surface area contributed by atoms with Gasteiger partial charge in [0.25, 0.3) is 0 Å². The monoisotopic (exact) mass is 343 g/mol. The summed E-state index contributed by atoms with van der Waals surface area (Å²) in [5.74, 6) is 0.521. The van der Waals surface area contributed by atoms with Gasteiger partial charge in [0.15, 0.2) is 0 Å². The van der Waals surface area contributed by atoms with Gasteiger partial charge in [-0.1, -0.05) is 32.9 Å². The Hall–Kier alpha value is -2.63. The van der Waals surface area contributed by atoms with Crippen molar-refractivity contribution in [2.45, 2.75) is 39.7 Å². The molecule has 2 rings (SSSR count). The van der Waals surface area contributed by atoms with Crippen LogP contribution in [-0.2, 0) is 16.8 Å². The van der Waals surface area contributed by atoms with Gasteiger partial charge in [-0.25, -0.2) is 4.79 Å². The first-order valence-corrected chi connectivity index (χ1v) is 8.30. The van der Waals surface area contributed by atoms with Crippen molar-refractivity contribution < 1.29 is 9.53 Å². The summed E-state index contributed by atoms with van der Waals surface area (Å²) in [5.41, 5.74) is 1.21. The van der Waals surface area contributed by atoms with Gasteiger partial charge in [0, 0.05) is 11.6 Å². The van der Waals surface area contributed by atoms with E-state index in [1.54, 1.807) is 12.3 Å². The molecule has 0 bridgehead atoms. The normalized spacial score (nSPS) is 11.2. The number of benzene rings is 1. The molecule has 25 heavy (non-hydrogen) atoms. The van der Waals surface area contributed by atoms with Crippen molar-refractivity contribution in [3.63, 3.8) is 0 Å². The highest BCUT2D eigenvalue weighted by Crippen LogP contribution is 2.17. The number of nitrogens with one attached hydrogen (secondary N) is 1. The molecule has 0 radical (unpaired) electrons. The van der Waals surface area contributed by atoms with Crippen molar-refractivity contribution >= 4 is 5.91 Å². The molecule has 1 heterocycles. The molecule has 2 aromatic rings. The van der Waals surface area contributed by atoms with E-state index < -0.39 is 5.69 Å². The SMILES string of the molecule is Cc1cccc(OCCNC(=O)Cn2ccc(C(C)(C)C)nc2=O)c1. The molecule has 6 nitrogen and oxygen atoms in total. The predicted molar refractivity (Wildman–Crippen MR) is 96.9 cm³/mol. The molecule has 1 amide bonds. The first-order valence-electron chi connectivity index (χ1n) is 8.30. The van der Waals surface area contributed by atoms with Gasteiger partial charge in [-0.15, -0.1) is 0 Å². The van der Waals surface area contributed by atoms with Gasteiger partial charge in [0.05, 0.1) is 12.2 Å². The van der Waals surface area contributed by atoms with Crippen molar-refractivity contribution in [1.29, 1.82) is 0 Å². The van der Waals surface area contributed by atoms with E-state index in [9.17, 15) is 9.59 Å². The Bertz CT molecular complexity index is 791. The number of rotatable bonds is 6. The standard InChI is InChI=1S/C19H25N3O3/c1-14-6-5-7-15(12-14)25-11-9-20-17(23)13-22-10-8-16(19(2,3)4)21-18(22)24/h5-8,10,12H,9,11,13H2,1-4H3,(H,20,23). The Morgan fingerprint density at radius 3 is 2.68 bits per heavy atom. The van der Waals surface area contributed by atoms with Crippen LogP contribution in [0.25, 0.3) is 0 Å². The second kappa shape index (κ2) is 7.96. The Morgan fingerprint density at radius 2 is 2.04 bits per heavy atom. The number of nitrogens with zero attached hydrogens (tertiary/aromatic N) is 2. The van der Waals surface area contributed by atoms with Crippen LogP contribution < -0.4 is 15.7 Å². The summed E-state index contributed by atoms with van der Waals surface area (Å²) in [4.78, 5) is 28.0. The van der Waals surface area contributed by atoms with E-state index in [4.69, 9.17) is 4.74 Å². The highest BCUT2D eigenvalue weighted by atomic mass is 16.5. The van der Waals surface area contributed by atoms with Crippen molar-refractivity contribution in [3.05, 3.63) is 58.3 Å². The fraction of sp³-hybridized carbons (Fsp3) is 0.421. The molecule has 0 aliphatic carbocycles. The lowest BCUT2D eigenvalue weighted by Crippen LogP contribution is -2.36. The Labute approximate surface area is 147 Å². The molecule has 0 saturated carbocycles. The third-order valence-corrected chi connectivity index (χ3v) is 3.64. The summed E-state index contributed by atoms with van der Waals surface area (Å²) in [7, 11) is 0. The van der Waals surface area contributed by atoms with Gasteiger partial charge in [0.2, 0.25) is 5.91 Å². The second-order valence-electron chi connectivity index (χ2n) is 6.99. The maximum absolute atomic E-state index is 12.0. The van der Waals surface area contributed by atoms with E-state index in [1.807, 2.05) is 52.0 Å². The molecule has 0 fully saturated rings. The quantitative estimate of drug-likeness (QED) is 0.815. The van der Waals surface area contributed by atoms with Crippen molar-refractivity contribution in [1.82, 2.24) is 14.9 Å². The summed E-state index contributed by atoms with van der Waals surface area (Å²) in [5, 5.41) is 2.74.